The van der Waals surface area contributed by atoms with Gasteiger partial charge in [0.25, 0.3) is 0 Å². The van der Waals surface area contributed by atoms with E-state index in [1.165, 1.54) is 0 Å². The van der Waals surface area contributed by atoms with Gasteiger partial charge in [0.2, 0.25) is 0 Å². The van der Waals surface area contributed by atoms with Gasteiger partial charge < -0.3 is 15.1 Å². The van der Waals surface area contributed by atoms with Crippen LogP contribution < -0.4 is 4.90 Å². The van der Waals surface area contributed by atoms with Gasteiger partial charge in [-0.25, -0.2) is 0 Å². The lowest BCUT2D eigenvalue weighted by atomic mass is 9.94. The van der Waals surface area contributed by atoms with Crippen LogP contribution in [0.15, 0.2) is 36.7 Å². The summed E-state index contributed by atoms with van der Waals surface area (Å²) in [7, 11) is 0. The topological polar surface area (TPSA) is 99.7 Å². The molecule has 1 aliphatic rings. The number of nitrogens with zero attached hydrogens (tertiary/aromatic N) is 6. The normalized spacial score (nSPS) is 20.5. The summed E-state index contributed by atoms with van der Waals surface area (Å²) < 4.78 is 1.72. The number of aliphatic hydroxyl groups excluding tert-OH is 2. The Morgan fingerprint density at radius 3 is 2.72 bits per heavy atom. The predicted molar refractivity (Wildman–Crippen MR) is 92.0 cm³/mol. The standard InChI is InChI=1S/C17H20N6O2/c24-7-5-13-9-22(10-14(13)11-25)16-4-3-15-19-20-17(23(15)21-16)12-2-1-6-18-8-12/h1-4,6,8,13-14,24-25H,5,7,9-11H2. The molecular weight excluding hydrogens is 320 g/mol. The second kappa shape index (κ2) is 6.73. The lowest BCUT2D eigenvalue weighted by Crippen LogP contribution is -2.22. The smallest absolute Gasteiger partial charge is 0.187 e. The van der Waals surface area contributed by atoms with Gasteiger partial charge in [-0.2, -0.15) is 4.52 Å². The molecule has 0 aromatic carbocycles. The number of anilines is 1. The fourth-order valence-electron chi connectivity index (χ4n) is 3.45. The highest BCUT2D eigenvalue weighted by Gasteiger charge is 2.32. The molecule has 1 saturated heterocycles. The number of aromatic nitrogens is 5. The summed E-state index contributed by atoms with van der Waals surface area (Å²) in [5, 5.41) is 31.9. The minimum absolute atomic E-state index is 0.122. The minimum atomic E-state index is 0.122. The summed E-state index contributed by atoms with van der Waals surface area (Å²) in [5.74, 6) is 1.89. The zero-order chi connectivity index (χ0) is 17.2. The van der Waals surface area contributed by atoms with Crippen molar-refractivity contribution < 1.29 is 10.2 Å². The third-order valence-corrected chi connectivity index (χ3v) is 4.80. The summed E-state index contributed by atoms with van der Waals surface area (Å²) in [6.07, 6.45) is 4.14. The van der Waals surface area contributed by atoms with Gasteiger partial charge in [0, 0.05) is 50.2 Å². The molecular formula is C17H20N6O2. The maximum Gasteiger partial charge on any atom is 0.187 e. The Kier molecular flexibility index (Phi) is 4.29. The SMILES string of the molecule is OCCC1CN(c2ccc3nnc(-c4cccnc4)n3n2)CC1CO. The maximum atomic E-state index is 9.60. The Bertz CT molecular complexity index is 853. The van der Waals surface area contributed by atoms with Crippen molar-refractivity contribution in [2.45, 2.75) is 6.42 Å². The predicted octanol–water partition coefficient (Wildman–Crippen LogP) is 0.613. The van der Waals surface area contributed by atoms with Crippen LogP contribution in [-0.4, -0.2) is 61.3 Å². The van der Waals surface area contributed by atoms with Crippen LogP contribution in [0.1, 0.15) is 6.42 Å². The molecule has 2 N–H and O–H groups in total. The van der Waals surface area contributed by atoms with Crippen LogP contribution >= 0.6 is 0 Å². The molecule has 4 rings (SSSR count). The zero-order valence-corrected chi connectivity index (χ0v) is 13.7. The quantitative estimate of drug-likeness (QED) is 0.702. The molecule has 2 unspecified atom stereocenters. The van der Waals surface area contributed by atoms with Crippen LogP contribution in [0.5, 0.6) is 0 Å². The highest BCUT2D eigenvalue weighted by molar-refractivity contribution is 5.58. The third-order valence-electron chi connectivity index (χ3n) is 4.80. The van der Waals surface area contributed by atoms with E-state index in [1.807, 2.05) is 24.3 Å². The first kappa shape index (κ1) is 15.9. The molecule has 25 heavy (non-hydrogen) atoms. The lowest BCUT2D eigenvalue weighted by molar-refractivity contribution is 0.179. The van der Waals surface area contributed by atoms with Crippen molar-refractivity contribution in [2.75, 3.05) is 31.2 Å². The first-order valence-electron chi connectivity index (χ1n) is 8.39. The van der Waals surface area contributed by atoms with E-state index in [2.05, 4.69) is 20.1 Å². The van der Waals surface area contributed by atoms with E-state index in [0.29, 0.717) is 17.9 Å². The van der Waals surface area contributed by atoms with Gasteiger partial charge in [0.15, 0.2) is 11.5 Å². The Labute approximate surface area is 144 Å². The lowest BCUT2D eigenvalue weighted by Gasteiger charge is -2.17. The van der Waals surface area contributed by atoms with Crippen molar-refractivity contribution in [2.24, 2.45) is 11.8 Å². The Morgan fingerprint density at radius 1 is 1.08 bits per heavy atom. The van der Waals surface area contributed by atoms with E-state index >= 15 is 0 Å². The van der Waals surface area contributed by atoms with Gasteiger partial charge in [0.1, 0.15) is 5.82 Å². The van der Waals surface area contributed by atoms with E-state index < -0.39 is 0 Å². The number of aliphatic hydroxyl groups is 2. The van der Waals surface area contributed by atoms with Crippen LogP contribution in [0.4, 0.5) is 5.82 Å². The Morgan fingerprint density at radius 2 is 1.96 bits per heavy atom. The molecule has 0 spiro atoms. The number of rotatable bonds is 5. The summed E-state index contributed by atoms with van der Waals surface area (Å²) in [6.45, 7) is 1.76. The molecule has 3 aromatic rings. The third kappa shape index (κ3) is 2.94. The average Bonchev–Trinajstić information content (AvgIpc) is 3.26. The van der Waals surface area contributed by atoms with Crippen LogP contribution in [0.25, 0.3) is 17.0 Å². The van der Waals surface area contributed by atoms with Gasteiger partial charge in [-0.15, -0.1) is 15.3 Å². The number of pyridine rings is 1. The van der Waals surface area contributed by atoms with Crippen LogP contribution in [-0.2, 0) is 0 Å². The van der Waals surface area contributed by atoms with Crippen LogP contribution in [0, 0.1) is 11.8 Å². The van der Waals surface area contributed by atoms with Gasteiger partial charge in [0.05, 0.1) is 0 Å². The summed E-state index contributed by atoms with van der Waals surface area (Å²) >= 11 is 0. The van der Waals surface area contributed by atoms with E-state index in [1.54, 1.807) is 16.9 Å². The van der Waals surface area contributed by atoms with Crippen molar-refractivity contribution in [3.05, 3.63) is 36.7 Å². The minimum Gasteiger partial charge on any atom is -0.396 e. The second-order valence-electron chi connectivity index (χ2n) is 6.35. The summed E-state index contributed by atoms with van der Waals surface area (Å²) in [4.78, 5) is 6.27. The molecule has 0 saturated carbocycles. The summed E-state index contributed by atoms with van der Waals surface area (Å²) in [5.41, 5.74) is 1.53. The van der Waals surface area contributed by atoms with Crippen molar-refractivity contribution in [3.8, 4) is 11.4 Å². The molecule has 0 amide bonds. The molecule has 1 aliphatic heterocycles. The second-order valence-corrected chi connectivity index (χ2v) is 6.35. The molecule has 4 heterocycles. The molecule has 8 nitrogen and oxygen atoms in total. The van der Waals surface area contributed by atoms with E-state index in [9.17, 15) is 10.2 Å². The fraction of sp³-hybridized carbons (Fsp3) is 0.412. The number of hydrogen-bond acceptors (Lipinski definition) is 7. The van der Waals surface area contributed by atoms with Gasteiger partial charge in [-0.05, 0) is 36.6 Å². The molecule has 8 heteroatoms. The Hall–Kier alpha value is -2.58. The van der Waals surface area contributed by atoms with Crippen molar-refractivity contribution >= 4 is 11.5 Å². The molecule has 0 aliphatic carbocycles. The van der Waals surface area contributed by atoms with Gasteiger partial charge in [-0.3, -0.25) is 4.98 Å². The van der Waals surface area contributed by atoms with E-state index in [0.717, 1.165) is 24.5 Å². The molecule has 2 atom stereocenters. The fourth-order valence-corrected chi connectivity index (χ4v) is 3.45. The number of hydrogen-bond donors (Lipinski definition) is 2. The zero-order valence-electron chi connectivity index (χ0n) is 13.7. The van der Waals surface area contributed by atoms with Crippen molar-refractivity contribution in [3.63, 3.8) is 0 Å². The first-order chi connectivity index (χ1) is 12.3. The van der Waals surface area contributed by atoms with Crippen molar-refractivity contribution in [1.82, 2.24) is 24.8 Å². The monoisotopic (exact) mass is 340 g/mol. The van der Waals surface area contributed by atoms with E-state index in [-0.39, 0.29) is 25.0 Å². The highest BCUT2D eigenvalue weighted by atomic mass is 16.3. The highest BCUT2D eigenvalue weighted by Crippen LogP contribution is 2.29. The summed E-state index contributed by atoms with van der Waals surface area (Å²) in [6, 6.07) is 7.59. The van der Waals surface area contributed by atoms with Gasteiger partial charge >= 0.3 is 0 Å². The first-order valence-corrected chi connectivity index (χ1v) is 8.39. The molecule has 3 aromatic heterocycles. The largest absolute Gasteiger partial charge is 0.396 e. The van der Waals surface area contributed by atoms with Crippen molar-refractivity contribution in [1.29, 1.82) is 0 Å². The van der Waals surface area contributed by atoms with E-state index in [4.69, 9.17) is 5.10 Å². The molecule has 1 fully saturated rings. The number of fused-ring (bicyclic) bond motifs is 1. The molecule has 130 valence electrons. The molecule has 0 bridgehead atoms. The molecule has 0 radical (unpaired) electrons. The average molecular weight is 340 g/mol. The van der Waals surface area contributed by atoms with Crippen LogP contribution in [0.2, 0.25) is 0 Å². The maximum absolute atomic E-state index is 9.60. The Balaban J connectivity index is 1.67. The van der Waals surface area contributed by atoms with Gasteiger partial charge in [-0.1, -0.05) is 0 Å². The van der Waals surface area contributed by atoms with Crippen LogP contribution in [0.3, 0.4) is 0 Å².